The summed E-state index contributed by atoms with van der Waals surface area (Å²) in [6.45, 7) is 4.82. The van der Waals surface area contributed by atoms with Gasteiger partial charge in [0, 0.05) is 25.2 Å². The van der Waals surface area contributed by atoms with E-state index in [-0.39, 0.29) is 0 Å². The van der Waals surface area contributed by atoms with Crippen molar-refractivity contribution in [3.8, 4) is 0 Å². The fourth-order valence-electron chi connectivity index (χ4n) is 3.79. The highest BCUT2D eigenvalue weighted by molar-refractivity contribution is 4.77. The molecule has 0 amide bonds. The van der Waals surface area contributed by atoms with E-state index in [2.05, 4.69) is 24.2 Å². The van der Waals surface area contributed by atoms with Crippen LogP contribution < -0.4 is 5.32 Å². The zero-order valence-electron chi connectivity index (χ0n) is 13.2. The van der Waals surface area contributed by atoms with Gasteiger partial charge in [-0.3, -0.25) is 0 Å². The van der Waals surface area contributed by atoms with Crippen LogP contribution in [0.25, 0.3) is 0 Å². The first-order chi connectivity index (χ1) is 9.25. The molecular weight excluding hydrogens is 232 g/mol. The van der Waals surface area contributed by atoms with Crippen molar-refractivity contribution in [2.45, 2.75) is 83.2 Å². The quantitative estimate of drug-likeness (QED) is 0.761. The van der Waals surface area contributed by atoms with Gasteiger partial charge in [-0.1, -0.05) is 32.6 Å². The molecule has 2 rings (SSSR count). The second kappa shape index (κ2) is 8.26. The predicted octanol–water partition coefficient (Wildman–Crippen LogP) is 3.81. The Morgan fingerprint density at radius 1 is 0.895 bits per heavy atom. The smallest absolute Gasteiger partial charge is 0.0107 e. The van der Waals surface area contributed by atoms with Crippen molar-refractivity contribution in [2.75, 3.05) is 20.1 Å². The summed E-state index contributed by atoms with van der Waals surface area (Å²) in [6.07, 6.45) is 14.3. The monoisotopic (exact) mass is 266 g/mol. The van der Waals surface area contributed by atoms with E-state index >= 15 is 0 Å². The Morgan fingerprint density at radius 3 is 2.16 bits per heavy atom. The summed E-state index contributed by atoms with van der Waals surface area (Å²) in [5.74, 6) is 0.965. The summed E-state index contributed by atoms with van der Waals surface area (Å²) in [5, 5.41) is 3.79. The van der Waals surface area contributed by atoms with Crippen LogP contribution in [0, 0.1) is 5.92 Å². The van der Waals surface area contributed by atoms with Gasteiger partial charge in [0.1, 0.15) is 0 Å². The van der Waals surface area contributed by atoms with Gasteiger partial charge in [0.2, 0.25) is 0 Å². The average molecular weight is 266 g/mol. The van der Waals surface area contributed by atoms with E-state index in [4.69, 9.17) is 0 Å². The Hall–Kier alpha value is -0.0800. The van der Waals surface area contributed by atoms with Gasteiger partial charge in [-0.15, -0.1) is 0 Å². The molecule has 0 radical (unpaired) electrons. The lowest BCUT2D eigenvalue weighted by atomic mass is 9.87. The SMILES string of the molecule is CC1CCC(NCCN(C)C2CCCCCC2)CC1. The molecule has 19 heavy (non-hydrogen) atoms. The molecule has 0 aliphatic heterocycles. The third-order valence-corrected chi connectivity index (χ3v) is 5.36. The summed E-state index contributed by atoms with van der Waals surface area (Å²) in [7, 11) is 2.33. The molecule has 1 N–H and O–H groups in total. The Bertz CT molecular complexity index is 225. The number of rotatable bonds is 5. The molecule has 0 heterocycles. The van der Waals surface area contributed by atoms with Crippen molar-refractivity contribution >= 4 is 0 Å². The first-order valence-corrected chi connectivity index (χ1v) is 8.69. The number of nitrogens with zero attached hydrogens (tertiary/aromatic N) is 1. The fraction of sp³-hybridized carbons (Fsp3) is 1.00. The van der Waals surface area contributed by atoms with Crippen molar-refractivity contribution in [1.29, 1.82) is 0 Å². The number of likely N-dealkylation sites (N-methyl/N-ethyl adjacent to an activating group) is 1. The zero-order chi connectivity index (χ0) is 13.5. The fourth-order valence-corrected chi connectivity index (χ4v) is 3.79. The van der Waals surface area contributed by atoms with Crippen molar-refractivity contribution < 1.29 is 0 Å². The zero-order valence-corrected chi connectivity index (χ0v) is 13.2. The molecular formula is C17H34N2. The molecule has 112 valence electrons. The minimum Gasteiger partial charge on any atom is -0.313 e. The van der Waals surface area contributed by atoms with Crippen LogP contribution in [0.15, 0.2) is 0 Å². The van der Waals surface area contributed by atoms with E-state index in [1.54, 1.807) is 0 Å². The van der Waals surface area contributed by atoms with Gasteiger partial charge in [-0.05, 0) is 51.5 Å². The molecule has 0 aromatic rings. The molecule has 2 saturated carbocycles. The van der Waals surface area contributed by atoms with Crippen LogP contribution in [-0.4, -0.2) is 37.1 Å². The molecule has 2 fully saturated rings. The molecule has 0 spiro atoms. The van der Waals surface area contributed by atoms with Crippen LogP contribution in [0.5, 0.6) is 0 Å². The minimum absolute atomic E-state index is 0.804. The van der Waals surface area contributed by atoms with E-state index in [0.717, 1.165) is 18.0 Å². The lowest BCUT2D eigenvalue weighted by molar-refractivity contribution is 0.213. The van der Waals surface area contributed by atoms with E-state index < -0.39 is 0 Å². The van der Waals surface area contributed by atoms with Crippen molar-refractivity contribution in [3.63, 3.8) is 0 Å². The van der Waals surface area contributed by atoms with Crippen LogP contribution >= 0.6 is 0 Å². The molecule has 0 saturated heterocycles. The van der Waals surface area contributed by atoms with E-state index in [9.17, 15) is 0 Å². The molecule has 0 bridgehead atoms. The lowest BCUT2D eigenvalue weighted by Crippen LogP contribution is -2.40. The minimum atomic E-state index is 0.804. The van der Waals surface area contributed by atoms with Gasteiger partial charge in [-0.25, -0.2) is 0 Å². The van der Waals surface area contributed by atoms with Crippen LogP contribution in [0.3, 0.4) is 0 Å². The van der Waals surface area contributed by atoms with Crippen molar-refractivity contribution in [1.82, 2.24) is 10.2 Å². The van der Waals surface area contributed by atoms with E-state index in [0.29, 0.717) is 0 Å². The molecule has 2 aliphatic carbocycles. The maximum atomic E-state index is 3.79. The Kier molecular flexibility index (Phi) is 6.66. The standard InChI is InChI=1S/C17H34N2/c1-15-9-11-16(12-10-15)18-13-14-19(2)17-7-5-3-4-6-8-17/h15-18H,3-14H2,1-2H3. The van der Waals surface area contributed by atoms with Crippen LogP contribution in [0.4, 0.5) is 0 Å². The normalized spacial score (nSPS) is 30.5. The Labute approximate surface area is 120 Å². The molecule has 2 nitrogen and oxygen atoms in total. The van der Waals surface area contributed by atoms with Gasteiger partial charge >= 0.3 is 0 Å². The predicted molar refractivity (Wildman–Crippen MR) is 83.5 cm³/mol. The molecule has 0 unspecified atom stereocenters. The number of hydrogen-bond acceptors (Lipinski definition) is 2. The van der Waals surface area contributed by atoms with Gasteiger partial charge < -0.3 is 10.2 Å². The summed E-state index contributed by atoms with van der Waals surface area (Å²) in [4.78, 5) is 2.61. The summed E-state index contributed by atoms with van der Waals surface area (Å²) in [5.41, 5.74) is 0. The summed E-state index contributed by atoms with van der Waals surface area (Å²) in [6, 6.07) is 1.66. The van der Waals surface area contributed by atoms with Crippen molar-refractivity contribution in [2.24, 2.45) is 5.92 Å². The number of hydrogen-bond donors (Lipinski definition) is 1. The highest BCUT2D eigenvalue weighted by Crippen LogP contribution is 2.23. The van der Waals surface area contributed by atoms with Gasteiger partial charge in [0.05, 0.1) is 0 Å². The first kappa shape index (κ1) is 15.3. The molecule has 0 aromatic heterocycles. The van der Waals surface area contributed by atoms with Crippen LogP contribution in [-0.2, 0) is 0 Å². The van der Waals surface area contributed by atoms with E-state index in [1.165, 1.54) is 77.3 Å². The first-order valence-electron chi connectivity index (χ1n) is 8.69. The van der Waals surface area contributed by atoms with E-state index in [1.807, 2.05) is 0 Å². The number of nitrogens with one attached hydrogen (secondary N) is 1. The topological polar surface area (TPSA) is 15.3 Å². The van der Waals surface area contributed by atoms with Gasteiger partial charge in [0.15, 0.2) is 0 Å². The second-order valence-electron chi connectivity index (χ2n) is 7.04. The van der Waals surface area contributed by atoms with Gasteiger partial charge in [-0.2, -0.15) is 0 Å². The maximum Gasteiger partial charge on any atom is 0.0107 e. The second-order valence-corrected chi connectivity index (χ2v) is 7.04. The summed E-state index contributed by atoms with van der Waals surface area (Å²) < 4.78 is 0. The van der Waals surface area contributed by atoms with Crippen LogP contribution in [0.1, 0.15) is 71.1 Å². The highest BCUT2D eigenvalue weighted by Gasteiger charge is 2.19. The molecule has 2 heteroatoms. The van der Waals surface area contributed by atoms with Crippen molar-refractivity contribution in [3.05, 3.63) is 0 Å². The Morgan fingerprint density at radius 2 is 1.53 bits per heavy atom. The van der Waals surface area contributed by atoms with Crippen LogP contribution in [0.2, 0.25) is 0 Å². The average Bonchev–Trinajstić information content (AvgIpc) is 2.70. The third-order valence-electron chi connectivity index (χ3n) is 5.36. The lowest BCUT2D eigenvalue weighted by Gasteiger charge is -2.30. The van der Waals surface area contributed by atoms with Gasteiger partial charge in [0.25, 0.3) is 0 Å². The summed E-state index contributed by atoms with van der Waals surface area (Å²) >= 11 is 0. The Balaban J connectivity index is 1.59. The maximum absolute atomic E-state index is 3.79. The third kappa shape index (κ3) is 5.43. The highest BCUT2D eigenvalue weighted by atomic mass is 15.1. The molecule has 2 aliphatic rings. The molecule has 0 aromatic carbocycles. The molecule has 0 atom stereocenters. The largest absolute Gasteiger partial charge is 0.313 e.